The van der Waals surface area contributed by atoms with Gasteiger partial charge in [-0.2, -0.15) is 0 Å². The molecular weight excluding hydrogens is 900 g/mol. The molecule has 0 saturated heterocycles. The molecule has 0 atom stereocenters. The minimum Gasteiger partial charge on any atom is -0.501 e. The predicted octanol–water partition coefficient (Wildman–Crippen LogP) is 13.5. The molecule has 0 aliphatic rings. The first-order valence-corrected chi connectivity index (χ1v) is 22.6. The normalized spacial score (nSPS) is 11.9. The smallest absolute Gasteiger partial charge is 0.135 e. The Kier molecular flexibility index (Phi) is 11.0. The van der Waals surface area contributed by atoms with E-state index in [2.05, 4.69) is 126 Å². The summed E-state index contributed by atoms with van der Waals surface area (Å²) in [7, 11) is -1.36. The van der Waals surface area contributed by atoms with E-state index < -0.39 is 8.07 Å². The Labute approximate surface area is 348 Å². The first-order chi connectivity index (χ1) is 26.7. The molecular formula is C50H45FIrN2O2Si-2. The Morgan fingerprint density at radius 1 is 0.649 bits per heavy atom. The fourth-order valence-electron chi connectivity index (χ4n) is 7.56. The molecule has 9 aromatic rings. The van der Waals surface area contributed by atoms with Crippen molar-refractivity contribution in [1.29, 1.82) is 0 Å². The number of halogens is 1. The summed E-state index contributed by atoms with van der Waals surface area (Å²) in [5, 5.41) is 5.77. The Morgan fingerprint density at radius 2 is 1.35 bits per heavy atom. The number of nitrogens with zero attached hydrogens (tertiary/aromatic N) is 2. The van der Waals surface area contributed by atoms with Crippen molar-refractivity contribution in [3.63, 3.8) is 0 Å². The van der Waals surface area contributed by atoms with Crippen molar-refractivity contribution < 1.29 is 33.3 Å². The number of para-hydroxylation sites is 1. The molecule has 0 fully saturated rings. The molecule has 0 aliphatic heterocycles. The van der Waals surface area contributed by atoms with E-state index in [9.17, 15) is 4.39 Å². The summed E-state index contributed by atoms with van der Waals surface area (Å²) >= 11 is 0. The molecule has 0 aliphatic carbocycles. The molecule has 4 aromatic heterocycles. The average Bonchev–Trinajstić information content (AvgIpc) is 3.72. The number of hydrogen-bond donors (Lipinski definition) is 0. The summed E-state index contributed by atoms with van der Waals surface area (Å²) < 4.78 is 25.7. The van der Waals surface area contributed by atoms with Crippen molar-refractivity contribution >= 4 is 57.1 Å². The van der Waals surface area contributed by atoms with E-state index in [0.29, 0.717) is 5.56 Å². The van der Waals surface area contributed by atoms with Crippen LogP contribution in [0.2, 0.25) is 19.6 Å². The van der Waals surface area contributed by atoms with Gasteiger partial charge in [-0.05, 0) is 83.2 Å². The zero-order chi connectivity index (χ0) is 39.4. The minimum atomic E-state index is -1.36. The number of pyridine rings is 2. The summed E-state index contributed by atoms with van der Waals surface area (Å²) in [4.78, 5) is 9.23. The van der Waals surface area contributed by atoms with E-state index >= 15 is 0 Å². The maximum Gasteiger partial charge on any atom is 0.135 e. The van der Waals surface area contributed by atoms with Gasteiger partial charge in [0.2, 0.25) is 0 Å². The first-order valence-electron chi connectivity index (χ1n) is 19.1. The van der Waals surface area contributed by atoms with Gasteiger partial charge in [-0.3, -0.25) is 0 Å². The topological polar surface area (TPSA) is 52.1 Å². The molecule has 57 heavy (non-hydrogen) atoms. The molecule has 0 unspecified atom stereocenters. The zero-order valence-electron chi connectivity index (χ0n) is 33.6. The SMILES string of the molecule is Cc1cc(-c2[c-]ccc(F)c2)ncc1[Si](C)(C)C.Cc1cnc(-c2[c-]ccc3c2oc2cc(-c4ccc5oc6ccccc6c5c4)ccc23)cc1CC(C)(C)C.[Ir]. The van der Waals surface area contributed by atoms with Gasteiger partial charge in [0.15, 0.2) is 0 Å². The van der Waals surface area contributed by atoms with Gasteiger partial charge in [-0.25, -0.2) is 4.39 Å². The number of benzene rings is 5. The number of fused-ring (bicyclic) bond motifs is 6. The maximum absolute atomic E-state index is 13.2. The van der Waals surface area contributed by atoms with E-state index in [1.165, 1.54) is 34.0 Å². The van der Waals surface area contributed by atoms with Crippen molar-refractivity contribution in [2.45, 2.75) is 60.7 Å². The van der Waals surface area contributed by atoms with Crippen LogP contribution in [0, 0.1) is 37.2 Å². The minimum absolute atomic E-state index is 0. The third-order valence-corrected chi connectivity index (χ3v) is 12.4. The summed E-state index contributed by atoms with van der Waals surface area (Å²) in [6.07, 6.45) is 4.90. The molecule has 289 valence electrons. The number of hydrogen-bond acceptors (Lipinski definition) is 4. The number of furan rings is 2. The van der Waals surface area contributed by atoms with Gasteiger partial charge in [0.25, 0.3) is 0 Å². The van der Waals surface area contributed by atoms with Crippen LogP contribution in [0.3, 0.4) is 0 Å². The molecule has 0 N–H and O–H groups in total. The molecule has 7 heteroatoms. The molecule has 4 heterocycles. The Bertz CT molecular complexity index is 2910. The molecule has 5 aromatic carbocycles. The molecule has 0 amide bonds. The van der Waals surface area contributed by atoms with E-state index in [-0.39, 0.29) is 31.3 Å². The van der Waals surface area contributed by atoms with Gasteiger partial charge in [-0.15, -0.1) is 48.0 Å². The fourth-order valence-corrected chi connectivity index (χ4v) is 9.26. The largest absolute Gasteiger partial charge is 0.501 e. The van der Waals surface area contributed by atoms with Gasteiger partial charge >= 0.3 is 0 Å². The third-order valence-electron chi connectivity index (χ3n) is 10.3. The third kappa shape index (κ3) is 8.29. The van der Waals surface area contributed by atoms with Crippen LogP contribution in [0.25, 0.3) is 77.5 Å². The number of rotatable bonds is 5. The molecule has 0 saturated carbocycles. The zero-order valence-corrected chi connectivity index (χ0v) is 37.0. The van der Waals surface area contributed by atoms with Crippen LogP contribution in [-0.4, -0.2) is 18.0 Å². The Morgan fingerprint density at radius 3 is 2.11 bits per heavy atom. The number of aromatic nitrogens is 2. The quantitative estimate of drug-likeness (QED) is 0.127. The maximum atomic E-state index is 13.2. The van der Waals surface area contributed by atoms with Gasteiger partial charge < -0.3 is 18.8 Å². The summed E-state index contributed by atoms with van der Waals surface area (Å²) in [5.74, 6) is -0.252. The van der Waals surface area contributed by atoms with Crippen molar-refractivity contribution in [3.05, 3.63) is 150 Å². The second-order valence-electron chi connectivity index (χ2n) is 17.0. The van der Waals surface area contributed by atoms with Crippen LogP contribution < -0.4 is 5.19 Å². The molecule has 9 rings (SSSR count). The average molecular weight is 945 g/mol. The fraction of sp³-hybridized carbons (Fsp3) is 0.200. The van der Waals surface area contributed by atoms with Crippen LogP contribution >= 0.6 is 0 Å². The molecule has 0 bridgehead atoms. The van der Waals surface area contributed by atoms with Crippen molar-refractivity contribution in [3.8, 4) is 33.6 Å². The summed E-state index contributed by atoms with van der Waals surface area (Å²) in [5.41, 5.74) is 13.0. The molecule has 4 nitrogen and oxygen atoms in total. The van der Waals surface area contributed by atoms with Gasteiger partial charge in [0, 0.05) is 54.5 Å². The standard InChI is InChI=1S/C35H28NO2.C15H17FNSi.Ir/c1-21-20-36-30(17-24(21)19-35(2,3)4)28-10-7-9-27-26-14-12-23(18-33(26)38-34(27)28)22-13-15-32-29(16-22)25-8-5-6-11-31(25)37-32;1-11-8-14(12-6-5-7-13(16)9-12)17-10-15(11)18(2,3)4;/h5-9,11-18,20H,19H2,1-4H3;5,7-10H,1-4H3;/q2*-1;. The summed E-state index contributed by atoms with van der Waals surface area (Å²) in [6.45, 7) is 17.9. The summed E-state index contributed by atoms with van der Waals surface area (Å²) in [6, 6.07) is 40.2. The van der Waals surface area contributed by atoms with Crippen LogP contribution in [0.15, 0.2) is 124 Å². The van der Waals surface area contributed by atoms with Crippen LogP contribution in [-0.2, 0) is 26.5 Å². The Balaban J connectivity index is 0.000000221. The van der Waals surface area contributed by atoms with E-state index in [1.807, 2.05) is 42.7 Å². The second-order valence-corrected chi connectivity index (χ2v) is 22.0. The van der Waals surface area contributed by atoms with Crippen LogP contribution in [0.5, 0.6) is 0 Å². The Hall–Kier alpha value is -5.20. The van der Waals surface area contributed by atoms with Gasteiger partial charge in [-0.1, -0.05) is 111 Å². The van der Waals surface area contributed by atoms with Crippen molar-refractivity contribution in [2.24, 2.45) is 5.41 Å². The van der Waals surface area contributed by atoms with Crippen LogP contribution in [0.1, 0.15) is 37.5 Å². The second kappa shape index (κ2) is 15.6. The van der Waals surface area contributed by atoms with E-state index in [1.54, 1.807) is 6.07 Å². The van der Waals surface area contributed by atoms with Gasteiger partial charge in [0.05, 0.1) is 13.7 Å². The first kappa shape index (κ1) is 40.0. The van der Waals surface area contributed by atoms with E-state index in [0.717, 1.165) is 78.4 Å². The molecule has 1 radical (unpaired) electrons. The monoisotopic (exact) mass is 945 g/mol. The van der Waals surface area contributed by atoms with Crippen molar-refractivity contribution in [1.82, 2.24) is 9.97 Å². The predicted molar refractivity (Wildman–Crippen MR) is 233 cm³/mol. The van der Waals surface area contributed by atoms with Crippen LogP contribution in [0.4, 0.5) is 4.39 Å². The number of aryl methyl sites for hydroxylation is 2. The van der Waals surface area contributed by atoms with Gasteiger partial charge in [0.1, 0.15) is 16.7 Å². The molecule has 0 spiro atoms. The van der Waals surface area contributed by atoms with Crippen molar-refractivity contribution in [2.75, 3.05) is 0 Å². The van der Waals surface area contributed by atoms with E-state index in [4.69, 9.17) is 13.8 Å².